The molecule has 0 unspecified atom stereocenters. The fourth-order valence-electron chi connectivity index (χ4n) is 4.60. The van der Waals surface area contributed by atoms with Crippen molar-refractivity contribution in [3.05, 3.63) is 65.2 Å². The maximum absolute atomic E-state index is 13.4. The lowest BCUT2D eigenvalue weighted by molar-refractivity contribution is 0.0935. The third-order valence-corrected chi connectivity index (χ3v) is 7.97. The Morgan fingerprint density at radius 1 is 1.21 bits per heavy atom. The SMILES string of the molecule is CC(C)CNS(=O)(=O)c1cc2c(c3cnc(C4CC4)cc13)[C@@H](N)C[C@H]2NC(=O)c1cccnc1. The molecule has 34 heavy (non-hydrogen) atoms. The molecular weight excluding hydrogens is 450 g/mol. The molecule has 1 amide bonds. The second-order valence-corrected chi connectivity index (χ2v) is 11.4. The normalized spacial score (nSPS) is 20.0. The van der Waals surface area contributed by atoms with Gasteiger partial charge in [-0.2, -0.15) is 0 Å². The van der Waals surface area contributed by atoms with E-state index in [1.165, 1.54) is 6.20 Å². The molecule has 5 rings (SSSR count). The Hall–Kier alpha value is -2.88. The maximum atomic E-state index is 13.4. The van der Waals surface area contributed by atoms with Crippen LogP contribution in [0.5, 0.6) is 0 Å². The number of benzene rings is 1. The van der Waals surface area contributed by atoms with E-state index >= 15 is 0 Å². The first-order valence-electron chi connectivity index (χ1n) is 11.7. The molecule has 2 aliphatic rings. The monoisotopic (exact) mass is 479 g/mol. The van der Waals surface area contributed by atoms with Gasteiger partial charge in [0.25, 0.3) is 5.91 Å². The Morgan fingerprint density at radius 2 is 2.00 bits per heavy atom. The molecule has 2 heterocycles. The quantitative estimate of drug-likeness (QED) is 0.477. The first-order valence-corrected chi connectivity index (χ1v) is 13.2. The van der Waals surface area contributed by atoms with Crippen LogP contribution >= 0.6 is 0 Å². The highest BCUT2D eigenvalue weighted by molar-refractivity contribution is 7.89. The standard InChI is InChI=1S/C25H29N5O3S/c1-14(2)11-29-34(32,33)23-9-18-22(30-25(31)16-4-3-7-27-12-16)10-20(26)24(18)19-13-28-21(8-17(19)23)15-5-6-15/h3-4,7-9,12-15,20,22,29H,5-6,10-11,26H2,1-2H3,(H,30,31)/t20-,22+/m0/s1. The summed E-state index contributed by atoms with van der Waals surface area (Å²) in [6.45, 7) is 4.26. The molecule has 2 aromatic heterocycles. The number of nitrogens with two attached hydrogens (primary N) is 1. The minimum atomic E-state index is -3.79. The Bertz CT molecular complexity index is 1350. The molecule has 0 saturated heterocycles. The van der Waals surface area contributed by atoms with Crippen LogP contribution in [0.1, 0.15) is 78.3 Å². The zero-order valence-electron chi connectivity index (χ0n) is 19.3. The van der Waals surface area contributed by atoms with E-state index in [2.05, 4.69) is 20.0 Å². The first-order chi connectivity index (χ1) is 16.2. The van der Waals surface area contributed by atoms with E-state index in [0.29, 0.717) is 29.8 Å². The van der Waals surface area contributed by atoms with Gasteiger partial charge in [-0.1, -0.05) is 13.8 Å². The van der Waals surface area contributed by atoms with Crippen molar-refractivity contribution in [2.45, 2.75) is 56.0 Å². The average molecular weight is 480 g/mol. The van der Waals surface area contributed by atoms with E-state index in [4.69, 9.17) is 5.73 Å². The highest BCUT2D eigenvalue weighted by Crippen LogP contribution is 2.46. The van der Waals surface area contributed by atoms with E-state index in [1.807, 2.05) is 19.9 Å². The van der Waals surface area contributed by atoms with Crippen LogP contribution < -0.4 is 15.8 Å². The number of amides is 1. The molecule has 0 radical (unpaired) electrons. The zero-order chi connectivity index (χ0) is 24.0. The largest absolute Gasteiger partial charge is 0.345 e. The molecule has 178 valence electrons. The number of hydrogen-bond donors (Lipinski definition) is 3. The van der Waals surface area contributed by atoms with E-state index in [-0.39, 0.29) is 22.8 Å². The van der Waals surface area contributed by atoms with Gasteiger partial charge in [0, 0.05) is 53.6 Å². The second kappa shape index (κ2) is 8.72. The number of fused-ring (bicyclic) bond motifs is 3. The highest BCUT2D eigenvalue weighted by Gasteiger charge is 2.35. The fourth-order valence-corrected chi connectivity index (χ4v) is 6.05. The van der Waals surface area contributed by atoms with Crippen LogP contribution in [0, 0.1) is 5.92 Å². The van der Waals surface area contributed by atoms with E-state index in [9.17, 15) is 13.2 Å². The Kier molecular flexibility index (Phi) is 5.87. The molecule has 0 bridgehead atoms. The van der Waals surface area contributed by atoms with Crippen LogP contribution in [0.25, 0.3) is 10.8 Å². The van der Waals surface area contributed by atoms with E-state index < -0.39 is 16.1 Å². The van der Waals surface area contributed by atoms with Gasteiger partial charge in [-0.25, -0.2) is 13.1 Å². The van der Waals surface area contributed by atoms with Crippen molar-refractivity contribution in [2.24, 2.45) is 11.7 Å². The Morgan fingerprint density at radius 3 is 2.68 bits per heavy atom. The molecule has 0 spiro atoms. The summed E-state index contributed by atoms with van der Waals surface area (Å²) in [7, 11) is -3.79. The first kappa shape index (κ1) is 22.9. The fraction of sp³-hybridized carbons (Fsp3) is 0.400. The van der Waals surface area contributed by atoms with Gasteiger partial charge in [-0.3, -0.25) is 14.8 Å². The van der Waals surface area contributed by atoms with Crippen molar-refractivity contribution < 1.29 is 13.2 Å². The number of sulfonamides is 1. The summed E-state index contributed by atoms with van der Waals surface area (Å²) in [5, 5.41) is 4.39. The summed E-state index contributed by atoms with van der Waals surface area (Å²) >= 11 is 0. The lowest BCUT2D eigenvalue weighted by atomic mass is 9.99. The van der Waals surface area contributed by atoms with Gasteiger partial charge in [0.2, 0.25) is 10.0 Å². The second-order valence-electron chi connectivity index (χ2n) is 9.66. The van der Waals surface area contributed by atoms with Crippen molar-refractivity contribution in [3.63, 3.8) is 0 Å². The molecule has 3 aromatic rings. The van der Waals surface area contributed by atoms with Crippen LogP contribution in [0.4, 0.5) is 0 Å². The molecule has 1 aromatic carbocycles. The van der Waals surface area contributed by atoms with Gasteiger partial charge >= 0.3 is 0 Å². The lowest BCUT2D eigenvalue weighted by Crippen LogP contribution is -2.29. The van der Waals surface area contributed by atoms with E-state index in [0.717, 1.165) is 35.0 Å². The van der Waals surface area contributed by atoms with Crippen LogP contribution in [-0.4, -0.2) is 30.8 Å². The Balaban J connectivity index is 1.62. The molecule has 9 heteroatoms. The minimum absolute atomic E-state index is 0.166. The van der Waals surface area contributed by atoms with Crippen molar-refractivity contribution in [3.8, 4) is 0 Å². The Labute approximate surface area is 199 Å². The molecule has 2 atom stereocenters. The summed E-state index contributed by atoms with van der Waals surface area (Å²) in [6.07, 6.45) is 7.48. The predicted molar refractivity (Wildman–Crippen MR) is 130 cm³/mol. The van der Waals surface area contributed by atoms with E-state index in [1.54, 1.807) is 30.6 Å². The summed E-state index contributed by atoms with van der Waals surface area (Å²) in [5.74, 6) is 0.277. The number of nitrogens with zero attached hydrogens (tertiary/aromatic N) is 2. The number of hydrogen-bond acceptors (Lipinski definition) is 6. The van der Waals surface area contributed by atoms with Gasteiger partial charge in [-0.15, -0.1) is 0 Å². The summed E-state index contributed by atoms with van der Waals surface area (Å²) in [4.78, 5) is 21.7. The molecule has 8 nitrogen and oxygen atoms in total. The molecular formula is C25H29N5O3S. The molecule has 0 aliphatic heterocycles. The van der Waals surface area contributed by atoms with Crippen LogP contribution in [0.2, 0.25) is 0 Å². The lowest BCUT2D eigenvalue weighted by Gasteiger charge is -2.18. The number of pyridine rings is 2. The van der Waals surface area contributed by atoms with Crippen molar-refractivity contribution in [1.82, 2.24) is 20.0 Å². The molecule has 1 fully saturated rings. The van der Waals surface area contributed by atoms with Gasteiger partial charge in [0.15, 0.2) is 0 Å². The smallest absolute Gasteiger partial charge is 0.253 e. The molecule has 1 saturated carbocycles. The maximum Gasteiger partial charge on any atom is 0.253 e. The summed E-state index contributed by atoms with van der Waals surface area (Å²) < 4.78 is 29.6. The topological polar surface area (TPSA) is 127 Å². The van der Waals surface area contributed by atoms with Gasteiger partial charge in [0.05, 0.1) is 16.5 Å². The van der Waals surface area contributed by atoms with Crippen molar-refractivity contribution in [2.75, 3.05) is 6.54 Å². The third kappa shape index (κ3) is 4.31. The van der Waals surface area contributed by atoms with Gasteiger partial charge in [0.1, 0.15) is 0 Å². The van der Waals surface area contributed by atoms with Crippen LogP contribution in [0.3, 0.4) is 0 Å². The number of carbonyl (C=O) groups excluding carboxylic acids is 1. The van der Waals surface area contributed by atoms with Gasteiger partial charge < -0.3 is 11.1 Å². The minimum Gasteiger partial charge on any atom is -0.345 e. The molecule has 2 aliphatic carbocycles. The van der Waals surface area contributed by atoms with Crippen LogP contribution in [-0.2, 0) is 10.0 Å². The van der Waals surface area contributed by atoms with Crippen molar-refractivity contribution >= 4 is 26.7 Å². The average Bonchev–Trinajstić information content (AvgIpc) is 3.62. The summed E-state index contributed by atoms with van der Waals surface area (Å²) in [5.41, 5.74) is 9.46. The predicted octanol–water partition coefficient (Wildman–Crippen LogP) is 3.32. The van der Waals surface area contributed by atoms with Crippen molar-refractivity contribution in [1.29, 1.82) is 0 Å². The molecule has 4 N–H and O–H groups in total. The number of aromatic nitrogens is 2. The van der Waals surface area contributed by atoms with Gasteiger partial charge in [-0.05, 0) is 60.6 Å². The summed E-state index contributed by atoms with van der Waals surface area (Å²) in [6, 6.07) is 6.23. The number of nitrogens with one attached hydrogen (secondary N) is 2. The number of carbonyl (C=O) groups is 1. The third-order valence-electron chi connectivity index (χ3n) is 6.51. The zero-order valence-corrected chi connectivity index (χ0v) is 20.1. The highest BCUT2D eigenvalue weighted by atomic mass is 32.2. The van der Waals surface area contributed by atoms with Crippen LogP contribution in [0.15, 0.2) is 47.8 Å². The number of rotatable bonds is 7.